The van der Waals surface area contributed by atoms with Crippen LogP contribution in [0.4, 0.5) is 10.5 Å². The molecule has 6 heteroatoms. The minimum atomic E-state index is -0.281. The average Bonchev–Trinajstić information content (AvgIpc) is 2.54. The van der Waals surface area contributed by atoms with Crippen LogP contribution >= 0.6 is 11.6 Å². The van der Waals surface area contributed by atoms with Crippen LogP contribution < -0.4 is 10.6 Å². The van der Waals surface area contributed by atoms with Gasteiger partial charge in [-0.15, -0.1) is 0 Å². The first-order valence-electron chi connectivity index (χ1n) is 7.48. The Hall–Kier alpha value is -1.75. The predicted octanol–water partition coefficient (Wildman–Crippen LogP) is 3.44. The quantitative estimate of drug-likeness (QED) is 0.834. The van der Waals surface area contributed by atoms with Crippen LogP contribution in [-0.4, -0.2) is 25.7 Å². The molecule has 0 heterocycles. The Morgan fingerprint density at radius 3 is 2.59 bits per heavy atom. The fraction of sp³-hybridized carbons (Fsp3) is 0.500. The van der Waals surface area contributed by atoms with E-state index in [4.69, 9.17) is 16.3 Å². The monoisotopic (exact) mass is 324 g/mol. The number of amides is 2. The smallest absolute Gasteiger partial charge is 0.319 e. The van der Waals surface area contributed by atoms with Crippen molar-refractivity contribution in [2.75, 3.05) is 19.0 Å². The van der Waals surface area contributed by atoms with Gasteiger partial charge in [-0.1, -0.05) is 24.4 Å². The van der Waals surface area contributed by atoms with Gasteiger partial charge in [-0.25, -0.2) is 4.79 Å². The van der Waals surface area contributed by atoms with Gasteiger partial charge in [-0.2, -0.15) is 0 Å². The van der Waals surface area contributed by atoms with Gasteiger partial charge in [0.2, 0.25) is 0 Å². The number of hydrogen-bond donors (Lipinski definition) is 2. The highest BCUT2D eigenvalue weighted by molar-refractivity contribution is 6.30. The topological polar surface area (TPSA) is 67.4 Å². The Balaban J connectivity index is 1.83. The molecule has 1 aliphatic carbocycles. The summed E-state index contributed by atoms with van der Waals surface area (Å²) in [6.07, 6.45) is 3.88. The molecule has 2 unspecified atom stereocenters. The maximum atomic E-state index is 11.9. The van der Waals surface area contributed by atoms with Crippen LogP contribution in [0.2, 0.25) is 5.02 Å². The van der Waals surface area contributed by atoms with E-state index in [0.717, 1.165) is 25.7 Å². The van der Waals surface area contributed by atoms with Gasteiger partial charge in [0.25, 0.3) is 0 Å². The summed E-state index contributed by atoms with van der Waals surface area (Å²) in [6.45, 7) is 0.471. The summed E-state index contributed by atoms with van der Waals surface area (Å²) < 4.78 is 4.85. The number of nitrogens with one attached hydrogen (secondary N) is 2. The molecule has 2 atom stereocenters. The van der Waals surface area contributed by atoms with Gasteiger partial charge in [0, 0.05) is 17.3 Å². The fourth-order valence-corrected chi connectivity index (χ4v) is 2.97. The number of anilines is 1. The first-order valence-corrected chi connectivity index (χ1v) is 7.86. The fourth-order valence-electron chi connectivity index (χ4n) is 2.85. The van der Waals surface area contributed by atoms with Crippen molar-refractivity contribution in [2.24, 2.45) is 11.8 Å². The van der Waals surface area contributed by atoms with Crippen molar-refractivity contribution >= 4 is 29.3 Å². The van der Waals surface area contributed by atoms with Gasteiger partial charge < -0.3 is 15.4 Å². The van der Waals surface area contributed by atoms with E-state index in [1.165, 1.54) is 7.11 Å². The molecular formula is C16H21ClN2O3. The molecule has 0 aromatic heterocycles. The lowest BCUT2D eigenvalue weighted by molar-refractivity contribution is -0.148. The normalized spacial score (nSPS) is 21.0. The van der Waals surface area contributed by atoms with Gasteiger partial charge in [0.1, 0.15) is 0 Å². The van der Waals surface area contributed by atoms with Crippen LogP contribution in [0.5, 0.6) is 0 Å². The number of esters is 1. The predicted molar refractivity (Wildman–Crippen MR) is 85.9 cm³/mol. The van der Waals surface area contributed by atoms with E-state index in [0.29, 0.717) is 17.3 Å². The summed E-state index contributed by atoms with van der Waals surface area (Å²) in [5.74, 6) is -0.156. The van der Waals surface area contributed by atoms with Crippen molar-refractivity contribution in [2.45, 2.75) is 25.7 Å². The number of methoxy groups -OCH3 is 1. The second-order valence-electron chi connectivity index (χ2n) is 5.52. The molecule has 2 N–H and O–H groups in total. The summed E-state index contributed by atoms with van der Waals surface area (Å²) in [7, 11) is 1.41. The third-order valence-electron chi connectivity index (χ3n) is 4.04. The summed E-state index contributed by atoms with van der Waals surface area (Å²) in [4.78, 5) is 23.7. The molecule has 1 saturated carbocycles. The van der Waals surface area contributed by atoms with Crippen LogP contribution in [0.15, 0.2) is 24.3 Å². The Labute approximate surface area is 135 Å². The lowest BCUT2D eigenvalue weighted by atomic mass is 9.79. The molecule has 2 amide bonds. The summed E-state index contributed by atoms with van der Waals surface area (Å²) in [5, 5.41) is 6.20. The SMILES string of the molecule is COC(=O)C1CCCCC1CNC(=O)Nc1ccc(Cl)cc1. The molecule has 1 aromatic rings. The largest absolute Gasteiger partial charge is 0.469 e. The molecular weight excluding hydrogens is 304 g/mol. The van der Waals surface area contributed by atoms with Gasteiger partial charge in [0.15, 0.2) is 0 Å². The van der Waals surface area contributed by atoms with Crippen molar-refractivity contribution in [3.05, 3.63) is 29.3 Å². The van der Waals surface area contributed by atoms with E-state index in [1.54, 1.807) is 24.3 Å². The molecule has 0 aliphatic heterocycles. The van der Waals surface area contributed by atoms with Crippen molar-refractivity contribution in [3.63, 3.8) is 0 Å². The van der Waals surface area contributed by atoms with Crippen LogP contribution in [0, 0.1) is 11.8 Å². The Kier molecular flexibility index (Phi) is 6.07. The molecule has 2 rings (SSSR count). The number of ether oxygens (including phenoxy) is 1. The Morgan fingerprint density at radius 1 is 1.23 bits per heavy atom. The number of carbonyl (C=O) groups excluding carboxylic acids is 2. The lowest BCUT2D eigenvalue weighted by Crippen LogP contribution is -2.39. The third-order valence-corrected chi connectivity index (χ3v) is 4.29. The summed E-state index contributed by atoms with van der Waals surface area (Å²) in [5.41, 5.74) is 0.676. The average molecular weight is 325 g/mol. The van der Waals surface area contributed by atoms with Crippen molar-refractivity contribution in [1.82, 2.24) is 5.32 Å². The molecule has 0 saturated heterocycles. The zero-order valence-corrected chi connectivity index (χ0v) is 13.4. The lowest BCUT2D eigenvalue weighted by Gasteiger charge is -2.29. The molecule has 1 aliphatic rings. The van der Waals surface area contributed by atoms with Gasteiger partial charge >= 0.3 is 12.0 Å². The molecule has 0 spiro atoms. The second kappa shape index (κ2) is 8.03. The zero-order chi connectivity index (χ0) is 15.9. The van der Waals surface area contributed by atoms with Crippen LogP contribution in [0.1, 0.15) is 25.7 Å². The highest BCUT2D eigenvalue weighted by Crippen LogP contribution is 2.30. The maximum absolute atomic E-state index is 11.9. The number of benzene rings is 1. The molecule has 120 valence electrons. The zero-order valence-electron chi connectivity index (χ0n) is 12.6. The number of carbonyl (C=O) groups is 2. The van der Waals surface area contributed by atoms with E-state index in [2.05, 4.69) is 10.6 Å². The second-order valence-corrected chi connectivity index (χ2v) is 5.95. The molecule has 1 fully saturated rings. The number of rotatable bonds is 4. The van der Waals surface area contributed by atoms with Crippen LogP contribution in [-0.2, 0) is 9.53 Å². The summed E-state index contributed by atoms with van der Waals surface area (Å²) >= 11 is 5.80. The molecule has 0 bridgehead atoms. The highest BCUT2D eigenvalue weighted by atomic mass is 35.5. The molecule has 1 aromatic carbocycles. The maximum Gasteiger partial charge on any atom is 0.319 e. The first-order chi connectivity index (χ1) is 10.6. The van der Waals surface area contributed by atoms with E-state index in [-0.39, 0.29) is 23.8 Å². The van der Waals surface area contributed by atoms with Crippen molar-refractivity contribution in [1.29, 1.82) is 0 Å². The first kappa shape index (κ1) is 16.6. The molecule has 5 nitrogen and oxygen atoms in total. The Bertz CT molecular complexity index is 519. The number of hydrogen-bond acceptors (Lipinski definition) is 3. The highest BCUT2D eigenvalue weighted by Gasteiger charge is 2.31. The number of urea groups is 1. The van der Waals surface area contributed by atoms with Gasteiger partial charge in [0.05, 0.1) is 13.0 Å². The molecule has 0 radical (unpaired) electrons. The third kappa shape index (κ3) is 4.63. The van der Waals surface area contributed by atoms with E-state index in [9.17, 15) is 9.59 Å². The van der Waals surface area contributed by atoms with E-state index in [1.807, 2.05) is 0 Å². The van der Waals surface area contributed by atoms with Gasteiger partial charge in [-0.3, -0.25) is 4.79 Å². The van der Waals surface area contributed by atoms with Crippen LogP contribution in [0.25, 0.3) is 0 Å². The van der Waals surface area contributed by atoms with E-state index >= 15 is 0 Å². The minimum Gasteiger partial charge on any atom is -0.469 e. The Morgan fingerprint density at radius 2 is 1.91 bits per heavy atom. The standard InChI is InChI=1S/C16H21ClN2O3/c1-22-15(20)14-5-3-2-4-11(14)10-18-16(21)19-13-8-6-12(17)7-9-13/h6-9,11,14H,2-5,10H2,1H3,(H2,18,19,21). The van der Waals surface area contributed by atoms with Crippen molar-refractivity contribution < 1.29 is 14.3 Å². The summed E-state index contributed by atoms with van der Waals surface area (Å²) in [6, 6.07) is 6.62. The minimum absolute atomic E-state index is 0.116. The van der Waals surface area contributed by atoms with Crippen molar-refractivity contribution in [3.8, 4) is 0 Å². The van der Waals surface area contributed by atoms with Gasteiger partial charge in [-0.05, 0) is 43.0 Å². The number of halogens is 1. The van der Waals surface area contributed by atoms with E-state index < -0.39 is 0 Å². The molecule has 22 heavy (non-hydrogen) atoms. The van der Waals surface area contributed by atoms with Crippen LogP contribution in [0.3, 0.4) is 0 Å².